The maximum atomic E-state index is 12.8. The molecule has 1 heterocycles. The van der Waals surface area contributed by atoms with Gasteiger partial charge in [0.15, 0.2) is 0 Å². The van der Waals surface area contributed by atoms with Gasteiger partial charge in [-0.05, 0) is 60.5 Å². The first-order valence-corrected chi connectivity index (χ1v) is 9.18. The SMILES string of the molecule is C#CCCCCN(C(=O)OC(C)(C)C)C(=NC(=O)OC(C)(C)C)n1cccn1. The molecule has 1 rings (SSSR count). The van der Waals surface area contributed by atoms with E-state index in [1.165, 1.54) is 15.8 Å². The Kier molecular flexibility index (Phi) is 8.23. The molecule has 1 aromatic heterocycles. The number of terminal acetylenes is 1. The predicted octanol–water partition coefficient (Wildman–Crippen LogP) is 4.06. The molecule has 1 aromatic rings. The average molecular weight is 390 g/mol. The van der Waals surface area contributed by atoms with E-state index in [4.69, 9.17) is 15.9 Å². The molecule has 8 nitrogen and oxygen atoms in total. The van der Waals surface area contributed by atoms with Crippen molar-refractivity contribution in [2.24, 2.45) is 4.99 Å². The fourth-order valence-electron chi connectivity index (χ4n) is 2.08. The van der Waals surface area contributed by atoms with Crippen LogP contribution in [0.1, 0.15) is 60.8 Å². The Bertz CT molecular complexity index is 719. The van der Waals surface area contributed by atoms with Gasteiger partial charge in [-0.25, -0.2) is 19.2 Å². The smallest absolute Gasteiger partial charge is 0.437 e. The topological polar surface area (TPSA) is 86.0 Å². The summed E-state index contributed by atoms with van der Waals surface area (Å²) in [6.45, 7) is 10.8. The molecule has 0 aromatic carbocycles. The molecular formula is C20H30N4O4. The van der Waals surface area contributed by atoms with E-state index in [2.05, 4.69) is 16.0 Å². The zero-order chi connectivity index (χ0) is 21.4. The van der Waals surface area contributed by atoms with Gasteiger partial charge in [0.05, 0.1) is 0 Å². The number of carbonyl (C=O) groups is 2. The Morgan fingerprint density at radius 1 is 1.14 bits per heavy atom. The second-order valence-electron chi connectivity index (χ2n) is 8.14. The normalized spacial score (nSPS) is 12.2. The molecule has 0 radical (unpaired) electrons. The van der Waals surface area contributed by atoms with Crippen LogP contribution in [-0.2, 0) is 9.47 Å². The number of unbranched alkanes of at least 4 members (excludes halogenated alkanes) is 2. The van der Waals surface area contributed by atoms with Crippen LogP contribution in [-0.4, -0.2) is 50.6 Å². The third-order valence-electron chi connectivity index (χ3n) is 3.10. The maximum absolute atomic E-state index is 12.8. The lowest BCUT2D eigenvalue weighted by Gasteiger charge is -2.28. The monoisotopic (exact) mass is 390 g/mol. The highest BCUT2D eigenvalue weighted by molar-refractivity contribution is 5.99. The lowest BCUT2D eigenvalue weighted by molar-refractivity contribution is 0.0360. The molecule has 0 aliphatic heterocycles. The Morgan fingerprint density at radius 2 is 1.79 bits per heavy atom. The van der Waals surface area contributed by atoms with Gasteiger partial charge in [-0.3, -0.25) is 0 Å². The van der Waals surface area contributed by atoms with Gasteiger partial charge in [-0.1, -0.05) is 0 Å². The summed E-state index contributed by atoms with van der Waals surface area (Å²) in [4.78, 5) is 30.4. The summed E-state index contributed by atoms with van der Waals surface area (Å²) >= 11 is 0. The van der Waals surface area contributed by atoms with Gasteiger partial charge in [0, 0.05) is 25.4 Å². The number of aromatic nitrogens is 2. The van der Waals surface area contributed by atoms with Crippen molar-refractivity contribution in [2.45, 2.75) is 72.0 Å². The molecule has 0 fully saturated rings. The van der Waals surface area contributed by atoms with Crippen LogP contribution in [0, 0.1) is 12.3 Å². The van der Waals surface area contributed by atoms with Crippen LogP contribution in [0.5, 0.6) is 0 Å². The highest BCUT2D eigenvalue weighted by atomic mass is 16.6. The zero-order valence-electron chi connectivity index (χ0n) is 17.6. The van der Waals surface area contributed by atoms with Crippen molar-refractivity contribution in [3.05, 3.63) is 18.5 Å². The summed E-state index contributed by atoms with van der Waals surface area (Å²) in [6.07, 6.45) is 8.86. The lowest BCUT2D eigenvalue weighted by Crippen LogP contribution is -2.45. The van der Waals surface area contributed by atoms with Crippen molar-refractivity contribution in [1.82, 2.24) is 14.7 Å². The second-order valence-corrected chi connectivity index (χ2v) is 8.14. The predicted molar refractivity (Wildman–Crippen MR) is 107 cm³/mol. The molecule has 0 spiro atoms. The van der Waals surface area contributed by atoms with E-state index in [9.17, 15) is 9.59 Å². The van der Waals surface area contributed by atoms with E-state index < -0.39 is 23.4 Å². The lowest BCUT2D eigenvalue weighted by atomic mass is 10.2. The van der Waals surface area contributed by atoms with Gasteiger partial charge < -0.3 is 9.47 Å². The number of nitrogens with zero attached hydrogens (tertiary/aromatic N) is 4. The standard InChI is InChI=1S/C20H30N4O4/c1-8-9-10-11-14-23(18(26)28-20(5,6)7)16(24-15-12-13-21-24)22-17(25)27-19(2,3)4/h1,12-13,15H,9-11,14H2,2-7H3. The Morgan fingerprint density at radius 3 is 2.29 bits per heavy atom. The molecule has 0 N–H and O–H groups in total. The van der Waals surface area contributed by atoms with Crippen LogP contribution >= 0.6 is 0 Å². The molecule has 154 valence electrons. The quantitative estimate of drug-likeness (QED) is 0.335. The summed E-state index contributed by atoms with van der Waals surface area (Å²) in [5.74, 6) is 2.58. The van der Waals surface area contributed by atoms with Crippen LogP contribution in [0.15, 0.2) is 23.5 Å². The van der Waals surface area contributed by atoms with Crippen molar-refractivity contribution < 1.29 is 19.1 Å². The third kappa shape index (κ3) is 8.71. The molecule has 0 atom stereocenters. The van der Waals surface area contributed by atoms with Gasteiger partial charge in [0.1, 0.15) is 11.2 Å². The van der Waals surface area contributed by atoms with Crippen molar-refractivity contribution >= 4 is 18.1 Å². The number of aliphatic imine (C=N–C) groups is 1. The summed E-state index contributed by atoms with van der Waals surface area (Å²) in [6, 6.07) is 1.66. The number of hydrogen-bond acceptors (Lipinski definition) is 5. The fraction of sp³-hybridized carbons (Fsp3) is 0.600. The van der Waals surface area contributed by atoms with Crippen LogP contribution in [0.3, 0.4) is 0 Å². The van der Waals surface area contributed by atoms with Gasteiger partial charge in [-0.15, -0.1) is 17.3 Å². The summed E-state index contributed by atoms with van der Waals surface area (Å²) < 4.78 is 12.1. The van der Waals surface area contributed by atoms with Crippen LogP contribution in [0.2, 0.25) is 0 Å². The summed E-state index contributed by atoms with van der Waals surface area (Å²) in [7, 11) is 0. The number of ether oxygens (including phenoxy) is 2. The van der Waals surface area contributed by atoms with Crippen molar-refractivity contribution in [3.63, 3.8) is 0 Å². The molecule has 0 bridgehead atoms. The number of amides is 2. The zero-order valence-corrected chi connectivity index (χ0v) is 17.6. The minimum absolute atomic E-state index is 0.00853. The molecular weight excluding hydrogens is 360 g/mol. The molecule has 0 saturated heterocycles. The highest BCUT2D eigenvalue weighted by Crippen LogP contribution is 2.14. The third-order valence-corrected chi connectivity index (χ3v) is 3.10. The van der Waals surface area contributed by atoms with Crippen molar-refractivity contribution in [3.8, 4) is 12.3 Å². The molecule has 0 saturated carbocycles. The Labute approximate surface area is 166 Å². The molecule has 8 heteroatoms. The van der Waals surface area contributed by atoms with Crippen molar-refractivity contribution in [2.75, 3.05) is 6.54 Å². The first-order chi connectivity index (χ1) is 12.9. The molecule has 0 unspecified atom stereocenters. The Hall–Kier alpha value is -2.82. The number of carbonyl (C=O) groups excluding carboxylic acids is 2. The number of hydrogen-bond donors (Lipinski definition) is 0. The molecule has 0 aliphatic carbocycles. The summed E-state index contributed by atoms with van der Waals surface area (Å²) in [5, 5.41) is 4.11. The largest absolute Gasteiger partial charge is 0.443 e. The van der Waals surface area contributed by atoms with Crippen LogP contribution < -0.4 is 0 Å². The van der Waals surface area contributed by atoms with E-state index in [1.54, 1.807) is 53.8 Å². The minimum atomic E-state index is -0.824. The summed E-state index contributed by atoms with van der Waals surface area (Å²) in [5.41, 5.74) is -1.44. The van der Waals surface area contributed by atoms with E-state index >= 15 is 0 Å². The van der Waals surface area contributed by atoms with E-state index in [0.29, 0.717) is 19.3 Å². The van der Waals surface area contributed by atoms with E-state index in [1.807, 2.05) is 0 Å². The van der Waals surface area contributed by atoms with Crippen LogP contribution in [0.25, 0.3) is 0 Å². The Balaban J connectivity index is 3.23. The van der Waals surface area contributed by atoms with E-state index in [-0.39, 0.29) is 12.5 Å². The van der Waals surface area contributed by atoms with Crippen LogP contribution in [0.4, 0.5) is 9.59 Å². The van der Waals surface area contributed by atoms with Crippen molar-refractivity contribution in [1.29, 1.82) is 0 Å². The fourth-order valence-corrected chi connectivity index (χ4v) is 2.08. The minimum Gasteiger partial charge on any atom is -0.443 e. The molecule has 0 aliphatic rings. The number of rotatable bonds is 4. The second kappa shape index (κ2) is 9.93. The first kappa shape index (κ1) is 23.2. The van der Waals surface area contributed by atoms with Gasteiger partial charge in [0.2, 0.25) is 5.96 Å². The molecule has 2 amide bonds. The van der Waals surface area contributed by atoms with Gasteiger partial charge in [-0.2, -0.15) is 5.10 Å². The van der Waals surface area contributed by atoms with Gasteiger partial charge >= 0.3 is 12.2 Å². The highest BCUT2D eigenvalue weighted by Gasteiger charge is 2.28. The maximum Gasteiger partial charge on any atom is 0.437 e. The first-order valence-electron chi connectivity index (χ1n) is 9.18. The molecule has 28 heavy (non-hydrogen) atoms. The van der Waals surface area contributed by atoms with E-state index in [0.717, 1.165) is 0 Å². The van der Waals surface area contributed by atoms with Gasteiger partial charge in [0.25, 0.3) is 0 Å². The average Bonchev–Trinajstić information content (AvgIpc) is 3.04.